The molecular formula is C11H13N3OS. The molecule has 0 spiro atoms. The number of pyridine rings is 1. The van der Waals surface area contributed by atoms with E-state index in [1.54, 1.807) is 18.3 Å². The highest BCUT2D eigenvalue weighted by Gasteiger charge is 2.21. The van der Waals surface area contributed by atoms with E-state index in [-0.39, 0.29) is 5.25 Å². The maximum absolute atomic E-state index is 12.2. The molecule has 0 amide bonds. The highest BCUT2D eigenvalue weighted by atomic mass is 32.2. The fourth-order valence-corrected chi connectivity index (χ4v) is 3.18. The SMILES string of the molecule is N#Cc1ccnc(S(=O)C2CCNCC2)c1. The molecule has 0 bridgehead atoms. The summed E-state index contributed by atoms with van der Waals surface area (Å²) in [7, 11) is -1.08. The molecule has 1 aromatic heterocycles. The molecule has 16 heavy (non-hydrogen) atoms. The Morgan fingerprint density at radius 3 is 2.94 bits per heavy atom. The van der Waals surface area contributed by atoms with Gasteiger partial charge in [-0.25, -0.2) is 4.98 Å². The van der Waals surface area contributed by atoms with Crippen molar-refractivity contribution in [3.05, 3.63) is 23.9 Å². The predicted octanol–water partition coefficient (Wildman–Crippen LogP) is 0.813. The lowest BCUT2D eigenvalue weighted by atomic mass is 10.2. The van der Waals surface area contributed by atoms with Crippen molar-refractivity contribution in [3.8, 4) is 6.07 Å². The molecule has 1 saturated heterocycles. The first-order valence-electron chi connectivity index (χ1n) is 5.28. The van der Waals surface area contributed by atoms with E-state index in [0.717, 1.165) is 25.9 Å². The van der Waals surface area contributed by atoms with Gasteiger partial charge in [0.05, 0.1) is 22.4 Å². The number of nitrogens with zero attached hydrogens (tertiary/aromatic N) is 2. The summed E-state index contributed by atoms with van der Waals surface area (Å²) in [6.07, 6.45) is 3.36. The normalized spacial score (nSPS) is 18.9. The average molecular weight is 235 g/mol. The van der Waals surface area contributed by atoms with Crippen molar-refractivity contribution in [2.45, 2.75) is 23.1 Å². The summed E-state index contributed by atoms with van der Waals surface area (Å²) in [5, 5.41) is 12.7. The van der Waals surface area contributed by atoms with Crippen LogP contribution in [0.2, 0.25) is 0 Å². The van der Waals surface area contributed by atoms with Crippen molar-refractivity contribution in [2.75, 3.05) is 13.1 Å². The van der Waals surface area contributed by atoms with Gasteiger partial charge in [-0.3, -0.25) is 4.21 Å². The largest absolute Gasteiger partial charge is 0.317 e. The van der Waals surface area contributed by atoms with Crippen molar-refractivity contribution < 1.29 is 4.21 Å². The summed E-state index contributed by atoms with van der Waals surface area (Å²) in [6.45, 7) is 1.82. The van der Waals surface area contributed by atoms with E-state index in [1.165, 1.54) is 0 Å². The monoisotopic (exact) mass is 235 g/mol. The van der Waals surface area contributed by atoms with Gasteiger partial charge in [-0.05, 0) is 38.1 Å². The molecule has 0 aliphatic carbocycles. The number of rotatable bonds is 2. The van der Waals surface area contributed by atoms with Gasteiger partial charge in [0.15, 0.2) is 0 Å². The van der Waals surface area contributed by atoms with Crippen LogP contribution in [0.1, 0.15) is 18.4 Å². The van der Waals surface area contributed by atoms with Crippen LogP contribution in [0.5, 0.6) is 0 Å². The van der Waals surface area contributed by atoms with Crippen molar-refractivity contribution in [3.63, 3.8) is 0 Å². The van der Waals surface area contributed by atoms with Gasteiger partial charge in [0.2, 0.25) is 0 Å². The Balaban J connectivity index is 2.16. The summed E-state index contributed by atoms with van der Waals surface area (Å²) in [6, 6.07) is 5.29. The lowest BCUT2D eigenvalue weighted by Gasteiger charge is -2.21. The topological polar surface area (TPSA) is 65.8 Å². The van der Waals surface area contributed by atoms with Gasteiger partial charge in [0.1, 0.15) is 5.03 Å². The van der Waals surface area contributed by atoms with Crippen molar-refractivity contribution in [1.29, 1.82) is 5.26 Å². The number of piperidine rings is 1. The van der Waals surface area contributed by atoms with Crippen LogP contribution in [-0.2, 0) is 10.8 Å². The lowest BCUT2D eigenvalue weighted by Crippen LogP contribution is -2.33. The highest BCUT2D eigenvalue weighted by Crippen LogP contribution is 2.17. The van der Waals surface area contributed by atoms with Gasteiger partial charge in [-0.1, -0.05) is 0 Å². The van der Waals surface area contributed by atoms with Gasteiger partial charge in [0.25, 0.3) is 0 Å². The fraction of sp³-hybridized carbons (Fsp3) is 0.455. The minimum absolute atomic E-state index is 0.169. The number of nitrogens with one attached hydrogen (secondary N) is 1. The van der Waals surface area contributed by atoms with Crippen LogP contribution in [0.15, 0.2) is 23.4 Å². The van der Waals surface area contributed by atoms with Crippen LogP contribution < -0.4 is 5.32 Å². The molecule has 0 saturated carbocycles. The second kappa shape index (κ2) is 5.19. The molecule has 0 aromatic carbocycles. The number of hydrogen-bond acceptors (Lipinski definition) is 4. The molecule has 84 valence electrons. The van der Waals surface area contributed by atoms with E-state index in [9.17, 15) is 4.21 Å². The second-order valence-corrected chi connectivity index (χ2v) is 5.42. The van der Waals surface area contributed by atoms with E-state index in [2.05, 4.69) is 10.3 Å². The molecule has 2 rings (SSSR count). The summed E-state index contributed by atoms with van der Waals surface area (Å²) in [4.78, 5) is 4.09. The van der Waals surface area contributed by atoms with Crippen LogP contribution in [0, 0.1) is 11.3 Å². The first kappa shape index (κ1) is 11.2. The Hall–Kier alpha value is -1.25. The zero-order valence-corrected chi connectivity index (χ0v) is 9.67. The third-order valence-corrected chi connectivity index (χ3v) is 4.37. The molecular weight excluding hydrogens is 222 g/mol. The molecule has 2 heterocycles. The summed E-state index contributed by atoms with van der Waals surface area (Å²) in [5.74, 6) is 0. The summed E-state index contributed by atoms with van der Waals surface area (Å²) < 4.78 is 12.2. The molecule has 1 N–H and O–H groups in total. The zero-order valence-electron chi connectivity index (χ0n) is 8.85. The van der Waals surface area contributed by atoms with Crippen LogP contribution in [-0.4, -0.2) is 27.5 Å². The van der Waals surface area contributed by atoms with E-state index >= 15 is 0 Å². The first-order valence-corrected chi connectivity index (χ1v) is 6.50. The maximum atomic E-state index is 12.2. The third kappa shape index (κ3) is 2.46. The van der Waals surface area contributed by atoms with Gasteiger partial charge in [-0.2, -0.15) is 5.26 Å². The number of hydrogen-bond donors (Lipinski definition) is 1. The summed E-state index contributed by atoms with van der Waals surface area (Å²) >= 11 is 0. The van der Waals surface area contributed by atoms with Gasteiger partial charge in [-0.15, -0.1) is 0 Å². The van der Waals surface area contributed by atoms with Crippen molar-refractivity contribution in [1.82, 2.24) is 10.3 Å². The zero-order chi connectivity index (χ0) is 11.4. The molecule has 1 aliphatic rings. The van der Waals surface area contributed by atoms with E-state index in [1.807, 2.05) is 6.07 Å². The van der Waals surface area contributed by atoms with Crippen LogP contribution in [0.25, 0.3) is 0 Å². The van der Waals surface area contributed by atoms with E-state index in [4.69, 9.17) is 5.26 Å². The molecule has 1 unspecified atom stereocenters. The van der Waals surface area contributed by atoms with Crippen LogP contribution in [0.3, 0.4) is 0 Å². The maximum Gasteiger partial charge on any atom is 0.128 e. The fourth-order valence-electron chi connectivity index (χ4n) is 1.77. The lowest BCUT2D eigenvalue weighted by molar-refractivity contribution is 0.519. The molecule has 5 heteroatoms. The van der Waals surface area contributed by atoms with Crippen molar-refractivity contribution >= 4 is 10.8 Å². The van der Waals surface area contributed by atoms with Gasteiger partial charge < -0.3 is 5.32 Å². The van der Waals surface area contributed by atoms with E-state index in [0.29, 0.717) is 10.6 Å². The first-order chi connectivity index (χ1) is 7.81. The third-order valence-electron chi connectivity index (χ3n) is 2.66. The van der Waals surface area contributed by atoms with Gasteiger partial charge in [0, 0.05) is 11.4 Å². The molecule has 1 aliphatic heterocycles. The second-order valence-electron chi connectivity index (χ2n) is 3.74. The number of aromatic nitrogens is 1. The molecule has 4 nitrogen and oxygen atoms in total. The molecule has 1 atom stereocenters. The Bertz CT molecular complexity index is 435. The Morgan fingerprint density at radius 2 is 2.25 bits per heavy atom. The average Bonchev–Trinajstić information content (AvgIpc) is 2.39. The smallest absolute Gasteiger partial charge is 0.128 e. The molecule has 1 fully saturated rings. The highest BCUT2D eigenvalue weighted by molar-refractivity contribution is 7.85. The molecule has 0 radical (unpaired) electrons. The van der Waals surface area contributed by atoms with Crippen LogP contribution >= 0.6 is 0 Å². The minimum atomic E-state index is -1.08. The Kier molecular flexibility index (Phi) is 3.65. The van der Waals surface area contributed by atoms with Gasteiger partial charge >= 0.3 is 0 Å². The number of nitriles is 1. The Morgan fingerprint density at radius 1 is 1.50 bits per heavy atom. The van der Waals surface area contributed by atoms with E-state index < -0.39 is 10.8 Å². The predicted molar refractivity (Wildman–Crippen MR) is 61.3 cm³/mol. The quantitative estimate of drug-likeness (QED) is 0.824. The van der Waals surface area contributed by atoms with Crippen molar-refractivity contribution in [2.24, 2.45) is 0 Å². The molecule has 1 aromatic rings. The standard InChI is InChI=1S/C11H13N3OS/c12-8-9-1-6-14-11(7-9)16(15)10-2-4-13-5-3-10/h1,6-7,10,13H,2-5H2. The Labute approximate surface area is 97.2 Å². The van der Waals surface area contributed by atoms with Crippen LogP contribution in [0.4, 0.5) is 0 Å². The minimum Gasteiger partial charge on any atom is -0.317 e. The summed E-state index contributed by atoms with van der Waals surface area (Å²) in [5.41, 5.74) is 0.521.